The molecule has 1 heteroatoms. The van der Waals surface area contributed by atoms with Crippen LogP contribution in [0.2, 0.25) is 0 Å². The van der Waals surface area contributed by atoms with Gasteiger partial charge in [-0.3, -0.25) is 0 Å². The maximum atomic E-state index is 12.6. The van der Waals surface area contributed by atoms with Crippen molar-refractivity contribution in [2.24, 2.45) is 0 Å². The molecule has 0 spiro atoms. The van der Waals surface area contributed by atoms with Gasteiger partial charge in [-0.1, -0.05) is 52.0 Å². The second-order valence-corrected chi connectivity index (χ2v) is 2.64. The summed E-state index contributed by atoms with van der Waals surface area (Å²) in [5.41, 5.74) is 0.789. The summed E-state index contributed by atoms with van der Waals surface area (Å²) in [6.45, 7) is 11.5. The molecular weight excluding hydrogens is 187 g/mol. The van der Waals surface area contributed by atoms with Crippen LogP contribution in [0.1, 0.15) is 39.7 Å². The van der Waals surface area contributed by atoms with Crippen molar-refractivity contribution >= 4 is 0 Å². The number of hydrogen-bond donors (Lipinski definition) is 0. The predicted octanol–water partition coefficient (Wildman–Crippen LogP) is 5.00. The van der Waals surface area contributed by atoms with Gasteiger partial charge in [-0.05, 0) is 24.5 Å². The van der Waals surface area contributed by atoms with Crippen LogP contribution in [0.5, 0.6) is 0 Å². The number of rotatable bonds is 2. The lowest BCUT2D eigenvalue weighted by molar-refractivity contribution is 0.612. The Kier molecular flexibility index (Phi) is 14.0. The summed E-state index contributed by atoms with van der Waals surface area (Å²) in [5.74, 6) is -0.0972. The Balaban J connectivity index is 0. The van der Waals surface area contributed by atoms with Gasteiger partial charge in [0.2, 0.25) is 0 Å². The average Bonchev–Trinajstić information content (AvgIpc) is 2.33. The molecule has 0 nitrogen and oxygen atoms in total. The maximum absolute atomic E-state index is 12.6. The molecule has 1 aromatic carbocycles. The smallest absolute Gasteiger partial charge is 0.126 e. The highest BCUT2D eigenvalue weighted by Gasteiger charge is 1.93. The molecule has 0 bridgehead atoms. The van der Waals surface area contributed by atoms with Crippen molar-refractivity contribution in [2.45, 2.75) is 40.5 Å². The Morgan fingerprint density at radius 3 is 1.93 bits per heavy atom. The minimum atomic E-state index is -0.0972. The molecule has 0 atom stereocenters. The number of aryl methyl sites for hydroxylation is 1. The molecule has 0 saturated heterocycles. The van der Waals surface area contributed by atoms with Gasteiger partial charge in [0.25, 0.3) is 0 Å². The lowest BCUT2D eigenvalue weighted by Gasteiger charge is -1.94. The van der Waals surface area contributed by atoms with Crippen molar-refractivity contribution in [1.29, 1.82) is 0 Å². The summed E-state index contributed by atoms with van der Waals surface area (Å²) in [4.78, 5) is 0. The molecule has 0 aliphatic carbocycles. The van der Waals surface area contributed by atoms with Gasteiger partial charge in [-0.15, -0.1) is 6.58 Å². The van der Waals surface area contributed by atoms with E-state index in [0.717, 1.165) is 18.4 Å². The standard InChI is InChI=1S/C8H9F.C4H8.C2H6/c1-2-7-5-3-4-6-8(7)9;1-3-4-2;1-2/h3-6H,2H2,1H3;3H,1,4H2,2H3;1-2H3. The minimum Gasteiger partial charge on any atom is -0.207 e. The van der Waals surface area contributed by atoms with Gasteiger partial charge in [0, 0.05) is 0 Å². The van der Waals surface area contributed by atoms with E-state index in [1.54, 1.807) is 12.1 Å². The molecular formula is C14H23F. The van der Waals surface area contributed by atoms with Crippen LogP contribution in [-0.2, 0) is 6.42 Å². The zero-order valence-electron chi connectivity index (χ0n) is 10.4. The van der Waals surface area contributed by atoms with Gasteiger partial charge in [0.05, 0.1) is 0 Å². The Bertz CT molecular complexity index is 241. The van der Waals surface area contributed by atoms with Crippen molar-refractivity contribution in [2.75, 3.05) is 0 Å². The Labute approximate surface area is 93.8 Å². The SMILES string of the molecule is C=CCC.CC.CCc1ccccc1F. The van der Waals surface area contributed by atoms with E-state index in [2.05, 4.69) is 13.5 Å². The fourth-order valence-electron chi connectivity index (χ4n) is 0.785. The van der Waals surface area contributed by atoms with E-state index in [0.29, 0.717) is 0 Å². The molecule has 1 rings (SSSR count). The summed E-state index contributed by atoms with van der Waals surface area (Å²) in [5, 5.41) is 0. The first-order valence-corrected chi connectivity index (χ1v) is 5.60. The molecule has 0 unspecified atom stereocenters. The van der Waals surface area contributed by atoms with E-state index in [1.807, 2.05) is 32.9 Å². The summed E-state index contributed by atoms with van der Waals surface area (Å²) in [7, 11) is 0. The average molecular weight is 210 g/mol. The molecule has 0 fully saturated rings. The first-order valence-electron chi connectivity index (χ1n) is 5.60. The highest BCUT2D eigenvalue weighted by atomic mass is 19.1. The van der Waals surface area contributed by atoms with E-state index in [9.17, 15) is 4.39 Å². The number of halogens is 1. The number of allylic oxidation sites excluding steroid dienone is 1. The van der Waals surface area contributed by atoms with Crippen molar-refractivity contribution < 1.29 is 4.39 Å². The van der Waals surface area contributed by atoms with Crippen molar-refractivity contribution in [3.8, 4) is 0 Å². The van der Waals surface area contributed by atoms with Crippen LogP contribution in [0.25, 0.3) is 0 Å². The minimum absolute atomic E-state index is 0.0972. The van der Waals surface area contributed by atoms with E-state index < -0.39 is 0 Å². The second kappa shape index (κ2) is 12.9. The van der Waals surface area contributed by atoms with Gasteiger partial charge in [-0.2, -0.15) is 0 Å². The zero-order valence-corrected chi connectivity index (χ0v) is 10.4. The van der Waals surface area contributed by atoms with Crippen LogP contribution in [0.15, 0.2) is 36.9 Å². The summed E-state index contributed by atoms with van der Waals surface area (Å²) < 4.78 is 12.6. The van der Waals surface area contributed by atoms with Gasteiger partial charge in [-0.25, -0.2) is 4.39 Å². The molecule has 0 amide bonds. The quantitative estimate of drug-likeness (QED) is 0.603. The highest BCUT2D eigenvalue weighted by Crippen LogP contribution is 2.05. The predicted molar refractivity (Wildman–Crippen MR) is 67.6 cm³/mol. The van der Waals surface area contributed by atoms with Crippen molar-refractivity contribution in [3.05, 3.63) is 48.3 Å². The van der Waals surface area contributed by atoms with Gasteiger partial charge >= 0.3 is 0 Å². The summed E-state index contributed by atoms with van der Waals surface area (Å²) in [6, 6.07) is 6.84. The molecule has 0 N–H and O–H groups in total. The van der Waals surface area contributed by atoms with Crippen LogP contribution < -0.4 is 0 Å². The Morgan fingerprint density at radius 1 is 1.20 bits per heavy atom. The van der Waals surface area contributed by atoms with Gasteiger partial charge < -0.3 is 0 Å². The van der Waals surface area contributed by atoms with Crippen molar-refractivity contribution in [1.82, 2.24) is 0 Å². The topological polar surface area (TPSA) is 0 Å². The number of hydrogen-bond acceptors (Lipinski definition) is 0. The van der Waals surface area contributed by atoms with Gasteiger partial charge in [0.1, 0.15) is 5.82 Å². The largest absolute Gasteiger partial charge is 0.207 e. The molecule has 0 radical (unpaired) electrons. The first kappa shape index (κ1) is 16.3. The molecule has 1 aromatic rings. The third kappa shape index (κ3) is 9.20. The highest BCUT2D eigenvalue weighted by molar-refractivity contribution is 5.16. The van der Waals surface area contributed by atoms with E-state index in [-0.39, 0.29) is 5.82 Å². The Morgan fingerprint density at radius 2 is 1.67 bits per heavy atom. The lowest BCUT2D eigenvalue weighted by atomic mass is 10.2. The van der Waals surface area contributed by atoms with E-state index in [4.69, 9.17) is 0 Å². The first-order chi connectivity index (χ1) is 7.26. The summed E-state index contributed by atoms with van der Waals surface area (Å²) >= 11 is 0. The van der Waals surface area contributed by atoms with E-state index >= 15 is 0 Å². The van der Waals surface area contributed by atoms with Crippen LogP contribution >= 0.6 is 0 Å². The van der Waals surface area contributed by atoms with Crippen LogP contribution in [0, 0.1) is 5.82 Å². The Hall–Kier alpha value is -1.11. The van der Waals surface area contributed by atoms with E-state index in [1.165, 1.54) is 6.07 Å². The fraction of sp³-hybridized carbons (Fsp3) is 0.429. The zero-order chi connectivity index (χ0) is 12.1. The third-order valence-corrected chi connectivity index (χ3v) is 1.63. The maximum Gasteiger partial charge on any atom is 0.126 e. The molecule has 0 heterocycles. The van der Waals surface area contributed by atoms with Crippen LogP contribution in [0.3, 0.4) is 0 Å². The second-order valence-electron chi connectivity index (χ2n) is 2.64. The molecule has 0 aromatic heterocycles. The number of benzene rings is 1. The molecule has 0 aliphatic heterocycles. The third-order valence-electron chi connectivity index (χ3n) is 1.63. The fourth-order valence-corrected chi connectivity index (χ4v) is 0.785. The van der Waals surface area contributed by atoms with Crippen LogP contribution in [0.4, 0.5) is 4.39 Å². The molecule has 0 saturated carbocycles. The molecule has 0 aliphatic rings. The normalized spacial score (nSPS) is 7.80. The monoisotopic (exact) mass is 210 g/mol. The lowest BCUT2D eigenvalue weighted by Crippen LogP contribution is -1.83. The molecule has 86 valence electrons. The van der Waals surface area contributed by atoms with Crippen LogP contribution in [-0.4, -0.2) is 0 Å². The molecule has 15 heavy (non-hydrogen) atoms. The van der Waals surface area contributed by atoms with Crippen molar-refractivity contribution in [3.63, 3.8) is 0 Å². The van der Waals surface area contributed by atoms with Gasteiger partial charge in [0.15, 0.2) is 0 Å². The summed E-state index contributed by atoms with van der Waals surface area (Å²) in [6.07, 6.45) is 3.73.